The Morgan fingerprint density at radius 3 is 2.63 bits per heavy atom. The van der Waals surface area contributed by atoms with E-state index in [2.05, 4.69) is 31.4 Å². The number of hydrogen-bond acceptors (Lipinski definition) is 6. The van der Waals surface area contributed by atoms with Crippen LogP contribution >= 0.6 is 15.9 Å². The van der Waals surface area contributed by atoms with E-state index in [0.29, 0.717) is 29.3 Å². The van der Waals surface area contributed by atoms with Crippen LogP contribution in [0.5, 0.6) is 0 Å². The summed E-state index contributed by atoms with van der Waals surface area (Å²) in [6, 6.07) is 5.04. The Kier molecular flexibility index (Phi) is 5.73. The molecular weight excluding hydrogens is 452 g/mol. The summed E-state index contributed by atoms with van der Waals surface area (Å²) >= 11 is 3.32. The summed E-state index contributed by atoms with van der Waals surface area (Å²) in [5.41, 5.74) is 0.197. The maximum atomic E-state index is 12.7. The van der Waals surface area contributed by atoms with Crippen LogP contribution in [0.2, 0.25) is 0 Å². The van der Waals surface area contributed by atoms with Crippen molar-refractivity contribution in [2.75, 3.05) is 6.54 Å². The first-order valence-electron chi connectivity index (χ1n) is 10.2. The lowest BCUT2D eigenvalue weighted by atomic mass is 9.81. The van der Waals surface area contributed by atoms with Gasteiger partial charge in [-0.15, -0.1) is 0 Å². The van der Waals surface area contributed by atoms with Gasteiger partial charge in [0.2, 0.25) is 11.8 Å². The summed E-state index contributed by atoms with van der Waals surface area (Å²) in [7, 11) is 0. The van der Waals surface area contributed by atoms with Crippen LogP contribution in [0.3, 0.4) is 0 Å². The second kappa shape index (κ2) is 8.29. The first-order valence-corrected chi connectivity index (χ1v) is 11.0. The highest BCUT2D eigenvalue weighted by Crippen LogP contribution is 2.36. The van der Waals surface area contributed by atoms with Crippen molar-refractivity contribution in [3.05, 3.63) is 45.5 Å². The number of benzene rings is 1. The fourth-order valence-electron chi connectivity index (χ4n) is 4.25. The van der Waals surface area contributed by atoms with E-state index < -0.39 is 5.54 Å². The number of nitrogens with zero attached hydrogens (tertiary/aromatic N) is 3. The van der Waals surface area contributed by atoms with Gasteiger partial charge < -0.3 is 9.84 Å². The molecule has 1 aromatic carbocycles. The number of aromatic nitrogens is 2. The van der Waals surface area contributed by atoms with E-state index in [4.69, 9.17) is 4.52 Å². The van der Waals surface area contributed by atoms with Crippen LogP contribution in [0.4, 0.5) is 0 Å². The summed E-state index contributed by atoms with van der Waals surface area (Å²) in [6.07, 6.45) is 5.22. The van der Waals surface area contributed by atoms with Gasteiger partial charge in [0.25, 0.3) is 11.8 Å². The molecule has 4 rings (SSSR count). The van der Waals surface area contributed by atoms with Crippen molar-refractivity contribution in [3.8, 4) is 0 Å². The third-order valence-corrected chi connectivity index (χ3v) is 6.25. The molecule has 1 aliphatic carbocycles. The third kappa shape index (κ3) is 3.90. The molecule has 1 saturated carbocycles. The Morgan fingerprint density at radius 2 is 1.93 bits per heavy atom. The van der Waals surface area contributed by atoms with Gasteiger partial charge in [-0.1, -0.05) is 40.3 Å². The normalized spacial score (nSPS) is 17.9. The fourth-order valence-corrected chi connectivity index (χ4v) is 4.61. The molecule has 1 aliphatic heterocycles. The van der Waals surface area contributed by atoms with Gasteiger partial charge in [0, 0.05) is 24.4 Å². The molecule has 1 N–H and O–H groups in total. The van der Waals surface area contributed by atoms with Crippen molar-refractivity contribution in [3.63, 3.8) is 0 Å². The highest BCUT2D eigenvalue weighted by Gasteiger charge is 2.40. The Bertz CT molecular complexity index is 997. The molecule has 2 aliphatic rings. The Morgan fingerprint density at radius 1 is 1.20 bits per heavy atom. The van der Waals surface area contributed by atoms with Crippen molar-refractivity contribution in [2.45, 2.75) is 57.4 Å². The molecule has 0 spiro atoms. The summed E-state index contributed by atoms with van der Waals surface area (Å²) < 4.78 is 5.89. The SMILES string of the molecule is Cc1nc(C2(NC(=O)CCCN3C(=O)c4ccc(Br)cc4C3=O)CCCCC2)no1. The predicted octanol–water partition coefficient (Wildman–Crippen LogP) is 3.49. The Hall–Kier alpha value is -2.55. The third-order valence-electron chi connectivity index (χ3n) is 5.76. The molecule has 0 atom stereocenters. The number of aryl methyl sites for hydroxylation is 1. The van der Waals surface area contributed by atoms with E-state index in [1.807, 2.05) is 0 Å². The van der Waals surface area contributed by atoms with Gasteiger partial charge in [0.1, 0.15) is 5.54 Å². The molecule has 2 heterocycles. The average molecular weight is 475 g/mol. The van der Waals surface area contributed by atoms with Crippen LogP contribution in [0, 0.1) is 6.92 Å². The van der Waals surface area contributed by atoms with Gasteiger partial charge in [-0.2, -0.15) is 4.98 Å². The Labute approximate surface area is 182 Å². The summed E-state index contributed by atoms with van der Waals surface area (Å²) in [5, 5.41) is 7.17. The van der Waals surface area contributed by atoms with E-state index in [0.717, 1.165) is 36.6 Å². The molecule has 0 radical (unpaired) electrons. The number of rotatable bonds is 6. The maximum Gasteiger partial charge on any atom is 0.261 e. The number of nitrogens with one attached hydrogen (secondary N) is 1. The molecule has 8 nitrogen and oxygen atoms in total. The van der Waals surface area contributed by atoms with Gasteiger partial charge in [-0.25, -0.2) is 0 Å². The van der Waals surface area contributed by atoms with Crippen molar-refractivity contribution < 1.29 is 18.9 Å². The summed E-state index contributed by atoms with van der Waals surface area (Å²) in [6.45, 7) is 1.93. The second-order valence-electron chi connectivity index (χ2n) is 7.88. The second-order valence-corrected chi connectivity index (χ2v) is 8.80. The number of hydrogen-bond donors (Lipinski definition) is 1. The zero-order chi connectivity index (χ0) is 21.3. The van der Waals surface area contributed by atoms with Crippen LogP contribution in [0.25, 0.3) is 0 Å². The molecule has 0 bridgehead atoms. The number of amides is 3. The van der Waals surface area contributed by atoms with E-state index in [-0.39, 0.29) is 30.7 Å². The van der Waals surface area contributed by atoms with Crippen LogP contribution < -0.4 is 5.32 Å². The minimum Gasteiger partial charge on any atom is -0.343 e. The van der Waals surface area contributed by atoms with Crippen LogP contribution in [0.1, 0.15) is 77.4 Å². The highest BCUT2D eigenvalue weighted by molar-refractivity contribution is 9.10. The van der Waals surface area contributed by atoms with Crippen LogP contribution in [-0.2, 0) is 10.3 Å². The van der Waals surface area contributed by atoms with Crippen molar-refractivity contribution in [2.24, 2.45) is 0 Å². The van der Waals surface area contributed by atoms with Gasteiger partial charge in [0.15, 0.2) is 5.82 Å². The number of carbonyl (C=O) groups excluding carboxylic acids is 3. The lowest BCUT2D eigenvalue weighted by Crippen LogP contribution is -2.48. The average Bonchev–Trinajstić information content (AvgIpc) is 3.26. The van der Waals surface area contributed by atoms with Gasteiger partial charge in [0.05, 0.1) is 11.1 Å². The molecule has 2 aromatic rings. The molecular formula is C21H23BrN4O4. The lowest BCUT2D eigenvalue weighted by molar-refractivity contribution is -0.124. The molecule has 1 fully saturated rings. The predicted molar refractivity (Wildman–Crippen MR) is 111 cm³/mol. The monoisotopic (exact) mass is 474 g/mol. The number of imide groups is 1. The maximum absolute atomic E-state index is 12.7. The van der Waals surface area contributed by atoms with E-state index in [9.17, 15) is 14.4 Å². The quantitative estimate of drug-likeness (QED) is 0.642. The minimum atomic E-state index is -0.602. The Balaban J connectivity index is 1.37. The molecule has 0 unspecified atom stereocenters. The minimum absolute atomic E-state index is 0.140. The number of fused-ring (bicyclic) bond motifs is 1. The molecule has 3 amide bonds. The molecule has 1 aromatic heterocycles. The van der Waals surface area contributed by atoms with Crippen LogP contribution in [0.15, 0.2) is 27.2 Å². The number of carbonyl (C=O) groups is 3. The topological polar surface area (TPSA) is 105 Å². The van der Waals surface area contributed by atoms with Crippen molar-refractivity contribution >= 4 is 33.7 Å². The zero-order valence-electron chi connectivity index (χ0n) is 16.7. The fraction of sp³-hybridized carbons (Fsp3) is 0.476. The summed E-state index contributed by atoms with van der Waals surface area (Å²) in [4.78, 5) is 43.3. The van der Waals surface area contributed by atoms with Crippen LogP contribution in [-0.4, -0.2) is 39.3 Å². The molecule has 0 saturated heterocycles. The van der Waals surface area contributed by atoms with E-state index in [1.54, 1.807) is 25.1 Å². The lowest BCUT2D eigenvalue weighted by Gasteiger charge is -2.35. The molecule has 158 valence electrons. The largest absolute Gasteiger partial charge is 0.343 e. The zero-order valence-corrected chi connectivity index (χ0v) is 18.3. The first kappa shape index (κ1) is 20.7. The number of halogens is 1. The van der Waals surface area contributed by atoms with Crippen molar-refractivity contribution in [1.29, 1.82) is 0 Å². The van der Waals surface area contributed by atoms with Crippen molar-refractivity contribution in [1.82, 2.24) is 20.4 Å². The molecule has 30 heavy (non-hydrogen) atoms. The van der Waals surface area contributed by atoms with Gasteiger partial charge >= 0.3 is 0 Å². The standard InChI is InChI=1S/C21H23BrN4O4/c1-13-23-20(25-30-13)21(9-3-2-4-10-21)24-17(27)6-5-11-26-18(28)15-8-7-14(22)12-16(15)19(26)29/h7-8,12H,2-6,9-11H2,1H3,(H,24,27). The smallest absolute Gasteiger partial charge is 0.261 e. The van der Waals surface area contributed by atoms with E-state index >= 15 is 0 Å². The first-order chi connectivity index (χ1) is 14.4. The summed E-state index contributed by atoms with van der Waals surface area (Å²) in [5.74, 6) is 0.232. The highest BCUT2D eigenvalue weighted by atomic mass is 79.9. The molecule has 9 heteroatoms. The van der Waals surface area contributed by atoms with E-state index in [1.165, 1.54) is 4.90 Å². The van der Waals surface area contributed by atoms with Gasteiger partial charge in [-0.3, -0.25) is 19.3 Å². The van der Waals surface area contributed by atoms with Gasteiger partial charge in [-0.05, 0) is 37.5 Å².